The molecule has 23 heavy (non-hydrogen) atoms. The van der Waals surface area contributed by atoms with Gasteiger partial charge in [0, 0.05) is 11.5 Å². The van der Waals surface area contributed by atoms with Crippen LogP contribution in [0.4, 0.5) is 8.78 Å². The molecule has 1 aromatic heterocycles. The van der Waals surface area contributed by atoms with Gasteiger partial charge in [-0.15, -0.1) is 10.2 Å². The summed E-state index contributed by atoms with van der Waals surface area (Å²) < 4.78 is 57.7. The molecule has 0 aliphatic heterocycles. The fourth-order valence-corrected chi connectivity index (χ4v) is 3.82. The van der Waals surface area contributed by atoms with Crippen molar-refractivity contribution in [1.29, 1.82) is 0 Å². The zero-order valence-corrected chi connectivity index (χ0v) is 13.3. The summed E-state index contributed by atoms with van der Waals surface area (Å²) in [6, 6.07) is 3.26. The van der Waals surface area contributed by atoms with Crippen molar-refractivity contribution in [2.75, 3.05) is 0 Å². The summed E-state index contributed by atoms with van der Waals surface area (Å²) in [6.07, 6.45) is 2.99. The minimum Gasteiger partial charge on any atom is -0.424 e. The van der Waals surface area contributed by atoms with Crippen LogP contribution in [0.25, 0.3) is 0 Å². The molecule has 1 saturated carbocycles. The summed E-state index contributed by atoms with van der Waals surface area (Å²) in [6.45, 7) is 1.25. The molecule has 5 nitrogen and oxygen atoms in total. The summed E-state index contributed by atoms with van der Waals surface area (Å²) in [5, 5.41) is 6.26. The second-order valence-corrected chi connectivity index (χ2v) is 8.07. The van der Waals surface area contributed by atoms with E-state index in [2.05, 4.69) is 10.2 Å². The Morgan fingerprint density at radius 3 is 2.48 bits per heavy atom. The van der Waals surface area contributed by atoms with Gasteiger partial charge >= 0.3 is 0 Å². The normalized spacial score (nSPS) is 17.0. The van der Waals surface area contributed by atoms with Crippen molar-refractivity contribution in [2.45, 2.75) is 43.1 Å². The van der Waals surface area contributed by atoms with Gasteiger partial charge in [-0.2, -0.15) is 0 Å². The summed E-state index contributed by atoms with van der Waals surface area (Å²) in [4.78, 5) is 0. The Balaban J connectivity index is 1.82. The fourth-order valence-electron chi connectivity index (χ4n) is 2.52. The standard InChI is InChI=1S/C15H16F2N2O3S/c1-9(14-11(16)6-3-7-12(14)17)23(20,21)8-13-18-19-15(22-13)10-4-2-5-10/h3,6-7,9-10H,2,4-5,8H2,1H3/t9-/m0/s1. The molecule has 0 bridgehead atoms. The average molecular weight is 342 g/mol. The maximum atomic E-state index is 13.8. The third kappa shape index (κ3) is 3.12. The predicted octanol–water partition coefficient (Wildman–Crippen LogP) is 3.29. The molecule has 0 radical (unpaired) electrons. The first kappa shape index (κ1) is 16.0. The second kappa shape index (κ2) is 5.99. The Morgan fingerprint density at radius 2 is 1.91 bits per heavy atom. The summed E-state index contributed by atoms with van der Waals surface area (Å²) >= 11 is 0. The Hall–Kier alpha value is -1.83. The van der Waals surface area contributed by atoms with E-state index in [-0.39, 0.29) is 11.8 Å². The summed E-state index contributed by atoms with van der Waals surface area (Å²) in [7, 11) is -3.89. The number of hydrogen-bond acceptors (Lipinski definition) is 5. The SMILES string of the molecule is C[C@@H](c1c(F)cccc1F)S(=O)(=O)Cc1nnc(C2CCC2)o1. The summed E-state index contributed by atoms with van der Waals surface area (Å²) in [5.41, 5.74) is -0.466. The molecule has 0 N–H and O–H groups in total. The molecular weight excluding hydrogens is 326 g/mol. The van der Waals surface area contributed by atoms with Gasteiger partial charge in [-0.1, -0.05) is 12.5 Å². The highest BCUT2D eigenvalue weighted by Crippen LogP contribution is 2.36. The van der Waals surface area contributed by atoms with Crippen LogP contribution in [0.2, 0.25) is 0 Å². The third-order valence-corrected chi connectivity index (χ3v) is 6.17. The van der Waals surface area contributed by atoms with Crippen LogP contribution in [0.3, 0.4) is 0 Å². The molecule has 3 rings (SSSR count). The molecule has 8 heteroatoms. The van der Waals surface area contributed by atoms with Crippen LogP contribution in [0, 0.1) is 11.6 Å². The lowest BCUT2D eigenvalue weighted by Gasteiger charge is -2.20. The Bertz CT molecular complexity index is 796. The predicted molar refractivity (Wildman–Crippen MR) is 78.3 cm³/mol. The number of sulfone groups is 1. The number of nitrogens with zero attached hydrogens (tertiary/aromatic N) is 2. The van der Waals surface area contributed by atoms with Crippen molar-refractivity contribution in [1.82, 2.24) is 10.2 Å². The summed E-state index contributed by atoms with van der Waals surface area (Å²) in [5.74, 6) is -1.73. The van der Waals surface area contributed by atoms with Gasteiger partial charge in [0.1, 0.15) is 17.4 Å². The first-order chi connectivity index (χ1) is 10.9. The van der Waals surface area contributed by atoms with E-state index in [1.165, 1.54) is 13.0 Å². The molecule has 1 atom stereocenters. The molecule has 1 aromatic carbocycles. The Labute approximate surface area is 132 Å². The van der Waals surface area contributed by atoms with Gasteiger partial charge in [0.25, 0.3) is 0 Å². The fraction of sp³-hybridized carbons (Fsp3) is 0.467. The van der Waals surface area contributed by atoms with Crippen LogP contribution >= 0.6 is 0 Å². The minimum absolute atomic E-state index is 0.0458. The van der Waals surface area contributed by atoms with E-state index in [0.29, 0.717) is 5.89 Å². The van der Waals surface area contributed by atoms with E-state index >= 15 is 0 Å². The van der Waals surface area contributed by atoms with Crippen LogP contribution in [0.15, 0.2) is 22.6 Å². The molecule has 124 valence electrons. The highest BCUT2D eigenvalue weighted by molar-refractivity contribution is 7.90. The van der Waals surface area contributed by atoms with E-state index < -0.39 is 38.0 Å². The first-order valence-corrected chi connectivity index (χ1v) is 9.08. The van der Waals surface area contributed by atoms with Gasteiger partial charge in [0.15, 0.2) is 9.84 Å². The van der Waals surface area contributed by atoms with Crippen molar-refractivity contribution in [3.8, 4) is 0 Å². The Morgan fingerprint density at radius 1 is 1.26 bits per heavy atom. The van der Waals surface area contributed by atoms with E-state index in [0.717, 1.165) is 31.4 Å². The lowest BCUT2D eigenvalue weighted by atomic mass is 9.85. The zero-order chi connectivity index (χ0) is 16.6. The first-order valence-electron chi connectivity index (χ1n) is 7.36. The van der Waals surface area contributed by atoms with E-state index in [1.807, 2.05) is 0 Å². The molecule has 1 aliphatic rings. The van der Waals surface area contributed by atoms with Gasteiger partial charge in [-0.05, 0) is 31.9 Å². The highest BCUT2D eigenvalue weighted by atomic mass is 32.2. The molecule has 0 amide bonds. The van der Waals surface area contributed by atoms with Crippen LogP contribution in [-0.2, 0) is 15.6 Å². The van der Waals surface area contributed by atoms with Crippen molar-refractivity contribution in [3.63, 3.8) is 0 Å². The smallest absolute Gasteiger partial charge is 0.231 e. The highest BCUT2D eigenvalue weighted by Gasteiger charge is 2.31. The van der Waals surface area contributed by atoms with Crippen LogP contribution in [0.5, 0.6) is 0 Å². The molecular formula is C15H16F2N2O3S. The number of benzene rings is 1. The lowest BCUT2D eigenvalue weighted by Crippen LogP contribution is -2.16. The molecule has 0 saturated heterocycles. The second-order valence-electron chi connectivity index (χ2n) is 5.75. The maximum absolute atomic E-state index is 13.8. The largest absolute Gasteiger partial charge is 0.424 e. The van der Waals surface area contributed by atoms with Gasteiger partial charge in [0.05, 0.1) is 5.25 Å². The topological polar surface area (TPSA) is 73.1 Å². The van der Waals surface area contributed by atoms with Gasteiger partial charge in [-0.25, -0.2) is 17.2 Å². The lowest BCUT2D eigenvalue weighted by molar-refractivity contribution is 0.327. The average Bonchev–Trinajstić information content (AvgIpc) is 2.83. The van der Waals surface area contributed by atoms with Crippen LogP contribution in [-0.4, -0.2) is 18.6 Å². The third-order valence-electron chi connectivity index (χ3n) is 4.21. The molecule has 1 aliphatic carbocycles. The Kier molecular flexibility index (Phi) is 4.18. The molecule has 1 fully saturated rings. The van der Waals surface area contributed by atoms with Crippen LogP contribution < -0.4 is 0 Å². The number of halogens is 2. The van der Waals surface area contributed by atoms with E-state index in [4.69, 9.17) is 4.42 Å². The number of aromatic nitrogens is 2. The number of hydrogen-bond donors (Lipinski definition) is 0. The van der Waals surface area contributed by atoms with Crippen molar-refractivity contribution >= 4 is 9.84 Å². The maximum Gasteiger partial charge on any atom is 0.231 e. The monoisotopic (exact) mass is 342 g/mol. The molecule has 0 unspecified atom stereocenters. The van der Waals surface area contributed by atoms with Crippen molar-refractivity contribution < 1.29 is 21.6 Å². The number of rotatable bonds is 5. The molecule has 1 heterocycles. The van der Waals surface area contributed by atoms with Gasteiger partial charge in [-0.3, -0.25) is 0 Å². The zero-order valence-electron chi connectivity index (χ0n) is 12.5. The van der Waals surface area contributed by atoms with Gasteiger partial charge in [0.2, 0.25) is 11.8 Å². The van der Waals surface area contributed by atoms with Gasteiger partial charge < -0.3 is 4.42 Å². The van der Waals surface area contributed by atoms with Crippen LogP contribution in [0.1, 0.15) is 54.7 Å². The van der Waals surface area contributed by atoms with E-state index in [9.17, 15) is 17.2 Å². The van der Waals surface area contributed by atoms with E-state index in [1.54, 1.807) is 0 Å². The van der Waals surface area contributed by atoms with Crippen molar-refractivity contribution in [2.24, 2.45) is 0 Å². The molecule has 2 aromatic rings. The molecule has 0 spiro atoms. The van der Waals surface area contributed by atoms with Crippen molar-refractivity contribution in [3.05, 3.63) is 47.2 Å². The minimum atomic E-state index is -3.89. The quantitative estimate of drug-likeness (QED) is 0.833.